The van der Waals surface area contributed by atoms with Gasteiger partial charge in [-0.15, -0.1) is 0 Å². The Morgan fingerprint density at radius 2 is 1.94 bits per heavy atom. The molecule has 3 nitrogen and oxygen atoms in total. The van der Waals surface area contributed by atoms with Crippen molar-refractivity contribution in [1.82, 2.24) is 5.32 Å². The molecule has 0 heterocycles. The van der Waals surface area contributed by atoms with Crippen LogP contribution >= 0.6 is 0 Å². The van der Waals surface area contributed by atoms with Gasteiger partial charge in [0.15, 0.2) is 5.78 Å². The monoisotopic (exact) mass is 221 g/mol. The van der Waals surface area contributed by atoms with E-state index in [4.69, 9.17) is 4.74 Å². The second-order valence-electron chi connectivity index (χ2n) is 4.00. The number of hydrogen-bond acceptors (Lipinski definition) is 3. The maximum atomic E-state index is 12.0. The van der Waals surface area contributed by atoms with Gasteiger partial charge in [0.2, 0.25) is 0 Å². The van der Waals surface area contributed by atoms with Crippen LogP contribution in [0.5, 0.6) is 5.75 Å². The predicted octanol–water partition coefficient (Wildman–Crippen LogP) is 2.02. The van der Waals surface area contributed by atoms with Crippen molar-refractivity contribution < 1.29 is 9.53 Å². The zero-order valence-electron chi connectivity index (χ0n) is 10.6. The summed E-state index contributed by atoms with van der Waals surface area (Å²) in [7, 11) is 3.37. The van der Waals surface area contributed by atoms with Gasteiger partial charge in [0, 0.05) is 0 Å². The highest BCUT2D eigenvalue weighted by molar-refractivity contribution is 6.02. The van der Waals surface area contributed by atoms with E-state index in [1.807, 2.05) is 26.8 Å². The Morgan fingerprint density at radius 1 is 1.31 bits per heavy atom. The van der Waals surface area contributed by atoms with E-state index in [1.54, 1.807) is 14.2 Å². The number of carbonyl (C=O) groups excluding carboxylic acids is 1. The summed E-state index contributed by atoms with van der Waals surface area (Å²) < 4.78 is 5.36. The molecular formula is C13H19NO2. The Bertz CT molecular complexity index is 411. The zero-order chi connectivity index (χ0) is 12.3. The Labute approximate surface area is 96.8 Å². The number of aryl methyl sites for hydroxylation is 2. The van der Waals surface area contributed by atoms with Crippen molar-refractivity contribution in [3.8, 4) is 5.75 Å². The molecule has 0 saturated carbocycles. The smallest absolute Gasteiger partial charge is 0.180 e. The number of rotatable bonds is 4. The van der Waals surface area contributed by atoms with E-state index < -0.39 is 0 Å². The number of carbonyl (C=O) groups is 1. The largest absolute Gasteiger partial charge is 0.496 e. The molecule has 0 aliphatic heterocycles. The number of likely N-dealkylation sites (N-methyl/N-ethyl adjacent to an activating group) is 1. The summed E-state index contributed by atoms with van der Waals surface area (Å²) in [6, 6.07) is 2.03. The fraction of sp³-hybridized carbons (Fsp3) is 0.462. The molecule has 0 saturated heterocycles. The fourth-order valence-corrected chi connectivity index (χ4v) is 1.90. The van der Waals surface area contributed by atoms with Crippen LogP contribution in [0.15, 0.2) is 6.07 Å². The molecule has 1 aromatic carbocycles. The summed E-state index contributed by atoms with van der Waals surface area (Å²) in [5, 5.41) is 2.87. The molecule has 88 valence electrons. The quantitative estimate of drug-likeness (QED) is 0.790. The van der Waals surface area contributed by atoms with Gasteiger partial charge in [-0.1, -0.05) is 6.07 Å². The van der Waals surface area contributed by atoms with E-state index in [2.05, 4.69) is 5.32 Å². The molecule has 0 atom stereocenters. The standard InChI is InChI=1S/C13H19NO2/c1-8-6-9(2)12(11(15)7-14-4)13(16-5)10(8)3/h6,14H,7H2,1-5H3. The first-order valence-corrected chi connectivity index (χ1v) is 5.35. The summed E-state index contributed by atoms with van der Waals surface area (Å²) in [5.41, 5.74) is 3.85. The number of ether oxygens (including phenoxy) is 1. The lowest BCUT2D eigenvalue weighted by Crippen LogP contribution is -2.20. The fourth-order valence-electron chi connectivity index (χ4n) is 1.90. The summed E-state index contributed by atoms with van der Waals surface area (Å²) in [5.74, 6) is 0.776. The molecule has 16 heavy (non-hydrogen) atoms. The second kappa shape index (κ2) is 5.12. The van der Waals surface area contributed by atoms with E-state index in [-0.39, 0.29) is 5.78 Å². The van der Waals surface area contributed by atoms with E-state index in [0.717, 1.165) is 16.7 Å². The summed E-state index contributed by atoms with van der Waals surface area (Å²) in [6.45, 7) is 6.28. The lowest BCUT2D eigenvalue weighted by atomic mass is 9.96. The van der Waals surface area contributed by atoms with Crippen molar-refractivity contribution >= 4 is 5.78 Å². The molecule has 0 bridgehead atoms. The van der Waals surface area contributed by atoms with Crippen LogP contribution in [0.1, 0.15) is 27.0 Å². The van der Waals surface area contributed by atoms with Crippen LogP contribution in [-0.2, 0) is 0 Å². The maximum absolute atomic E-state index is 12.0. The normalized spacial score (nSPS) is 10.3. The maximum Gasteiger partial charge on any atom is 0.180 e. The SMILES string of the molecule is CNCC(=O)c1c(C)cc(C)c(C)c1OC. The Hall–Kier alpha value is -1.35. The van der Waals surface area contributed by atoms with Crippen LogP contribution in [0.2, 0.25) is 0 Å². The highest BCUT2D eigenvalue weighted by Crippen LogP contribution is 2.29. The number of methoxy groups -OCH3 is 1. The lowest BCUT2D eigenvalue weighted by molar-refractivity contribution is 0.0990. The first-order chi connectivity index (χ1) is 7.52. The van der Waals surface area contributed by atoms with Gasteiger partial charge in [-0.3, -0.25) is 4.79 Å². The highest BCUT2D eigenvalue weighted by Gasteiger charge is 2.17. The van der Waals surface area contributed by atoms with E-state index in [1.165, 1.54) is 0 Å². The Balaban J connectivity index is 3.36. The number of benzene rings is 1. The molecule has 0 fully saturated rings. The van der Waals surface area contributed by atoms with Crippen LogP contribution in [0.3, 0.4) is 0 Å². The first kappa shape index (κ1) is 12.7. The van der Waals surface area contributed by atoms with Crippen molar-refractivity contribution in [2.24, 2.45) is 0 Å². The van der Waals surface area contributed by atoms with Gasteiger partial charge in [-0.05, 0) is 44.5 Å². The van der Waals surface area contributed by atoms with Gasteiger partial charge in [0.1, 0.15) is 5.75 Å². The molecule has 0 spiro atoms. The van der Waals surface area contributed by atoms with Crippen molar-refractivity contribution in [1.29, 1.82) is 0 Å². The van der Waals surface area contributed by atoms with Gasteiger partial charge in [-0.2, -0.15) is 0 Å². The third kappa shape index (κ3) is 2.25. The molecule has 1 rings (SSSR count). The number of ketones is 1. The van der Waals surface area contributed by atoms with Crippen molar-refractivity contribution in [3.05, 3.63) is 28.3 Å². The molecule has 0 aromatic heterocycles. The van der Waals surface area contributed by atoms with Gasteiger partial charge in [0.05, 0.1) is 19.2 Å². The molecule has 3 heteroatoms. The molecule has 0 aliphatic rings. The first-order valence-electron chi connectivity index (χ1n) is 5.35. The minimum Gasteiger partial charge on any atom is -0.496 e. The van der Waals surface area contributed by atoms with E-state index in [0.29, 0.717) is 17.9 Å². The van der Waals surface area contributed by atoms with Crippen LogP contribution in [0.25, 0.3) is 0 Å². The number of Topliss-reactive ketones (excluding diaryl/α,β-unsaturated/α-hetero) is 1. The van der Waals surface area contributed by atoms with Crippen LogP contribution < -0.4 is 10.1 Å². The lowest BCUT2D eigenvalue weighted by Gasteiger charge is -2.15. The molecule has 1 N–H and O–H groups in total. The molecule has 1 aromatic rings. The zero-order valence-corrected chi connectivity index (χ0v) is 10.6. The molecule has 0 radical (unpaired) electrons. The Kier molecular flexibility index (Phi) is 4.07. The average Bonchev–Trinajstić information content (AvgIpc) is 2.23. The minimum atomic E-state index is 0.0694. The highest BCUT2D eigenvalue weighted by atomic mass is 16.5. The minimum absolute atomic E-state index is 0.0694. The van der Waals surface area contributed by atoms with Gasteiger partial charge < -0.3 is 10.1 Å². The second-order valence-corrected chi connectivity index (χ2v) is 4.00. The van der Waals surface area contributed by atoms with Crippen molar-refractivity contribution in [3.63, 3.8) is 0 Å². The van der Waals surface area contributed by atoms with Gasteiger partial charge in [0.25, 0.3) is 0 Å². The molecule has 0 unspecified atom stereocenters. The van der Waals surface area contributed by atoms with Crippen molar-refractivity contribution in [2.45, 2.75) is 20.8 Å². The van der Waals surface area contributed by atoms with Gasteiger partial charge >= 0.3 is 0 Å². The predicted molar refractivity (Wildman–Crippen MR) is 65.5 cm³/mol. The summed E-state index contributed by atoms with van der Waals surface area (Å²) in [4.78, 5) is 12.0. The Morgan fingerprint density at radius 3 is 2.44 bits per heavy atom. The number of nitrogens with one attached hydrogen (secondary N) is 1. The third-order valence-corrected chi connectivity index (χ3v) is 2.81. The molecule has 0 amide bonds. The molecular weight excluding hydrogens is 202 g/mol. The van der Waals surface area contributed by atoms with Crippen LogP contribution in [0.4, 0.5) is 0 Å². The van der Waals surface area contributed by atoms with Crippen LogP contribution in [-0.4, -0.2) is 26.5 Å². The van der Waals surface area contributed by atoms with Crippen LogP contribution in [0, 0.1) is 20.8 Å². The summed E-state index contributed by atoms with van der Waals surface area (Å²) >= 11 is 0. The average molecular weight is 221 g/mol. The topological polar surface area (TPSA) is 38.3 Å². The molecule has 0 aliphatic carbocycles. The van der Waals surface area contributed by atoms with E-state index >= 15 is 0 Å². The number of hydrogen-bond donors (Lipinski definition) is 1. The van der Waals surface area contributed by atoms with E-state index in [9.17, 15) is 4.79 Å². The van der Waals surface area contributed by atoms with Crippen molar-refractivity contribution in [2.75, 3.05) is 20.7 Å². The van der Waals surface area contributed by atoms with Gasteiger partial charge in [-0.25, -0.2) is 0 Å². The third-order valence-electron chi connectivity index (χ3n) is 2.81. The summed E-state index contributed by atoms with van der Waals surface area (Å²) in [6.07, 6.45) is 0.